The predicted molar refractivity (Wildman–Crippen MR) is 132 cm³/mol. The maximum atomic E-state index is 13.4. The van der Waals surface area contributed by atoms with Crippen LogP contribution >= 0.6 is 11.3 Å². The maximum absolute atomic E-state index is 13.4. The summed E-state index contributed by atoms with van der Waals surface area (Å²) in [5.74, 6) is -0.735. The van der Waals surface area contributed by atoms with E-state index >= 15 is 0 Å². The van der Waals surface area contributed by atoms with Gasteiger partial charge in [0.15, 0.2) is 0 Å². The molecular formula is C24H35N5O3S. The fraction of sp³-hybridized carbons (Fsp3) is 0.500. The summed E-state index contributed by atoms with van der Waals surface area (Å²) in [5, 5.41) is 1.71. The number of hydrogen-bond donors (Lipinski definition) is 1. The molecule has 0 saturated heterocycles. The molecule has 0 bridgehead atoms. The van der Waals surface area contributed by atoms with E-state index in [9.17, 15) is 14.4 Å². The number of carbonyl (C=O) groups is 3. The molecule has 0 aliphatic heterocycles. The molecule has 2 rings (SSSR count). The van der Waals surface area contributed by atoms with Gasteiger partial charge in [-0.2, -0.15) is 0 Å². The van der Waals surface area contributed by atoms with E-state index in [-0.39, 0.29) is 31.1 Å². The average Bonchev–Trinajstić information content (AvgIpc) is 3.32. The molecule has 2 aromatic rings. The summed E-state index contributed by atoms with van der Waals surface area (Å²) in [4.78, 5) is 48.2. The molecule has 33 heavy (non-hydrogen) atoms. The van der Waals surface area contributed by atoms with Crippen LogP contribution in [0.1, 0.15) is 39.2 Å². The number of carbonyl (C=O) groups excluding carboxylic acids is 3. The van der Waals surface area contributed by atoms with Crippen molar-refractivity contribution in [3.05, 3.63) is 46.8 Å². The normalized spacial score (nSPS) is 12.9. The first-order valence-corrected chi connectivity index (χ1v) is 12.2. The highest BCUT2D eigenvalue weighted by atomic mass is 32.1. The van der Waals surface area contributed by atoms with Gasteiger partial charge in [0.1, 0.15) is 11.4 Å². The van der Waals surface area contributed by atoms with E-state index in [1.807, 2.05) is 30.3 Å². The number of benzene rings is 1. The maximum Gasteiger partial charge on any atom is 0.243 e. The Balaban J connectivity index is 2.16. The number of aromatic nitrogens is 1. The number of primary amides is 1. The van der Waals surface area contributed by atoms with Crippen LogP contribution in [0.3, 0.4) is 0 Å². The van der Waals surface area contributed by atoms with Gasteiger partial charge >= 0.3 is 0 Å². The van der Waals surface area contributed by atoms with Crippen molar-refractivity contribution in [2.45, 2.75) is 45.6 Å². The van der Waals surface area contributed by atoms with Crippen LogP contribution in [0.5, 0.6) is 0 Å². The third kappa shape index (κ3) is 7.10. The zero-order valence-electron chi connectivity index (χ0n) is 20.0. The Morgan fingerprint density at radius 2 is 1.67 bits per heavy atom. The highest BCUT2D eigenvalue weighted by molar-refractivity contribution is 7.07. The Morgan fingerprint density at radius 1 is 1.03 bits per heavy atom. The van der Waals surface area contributed by atoms with Crippen LogP contribution in [0.15, 0.2) is 41.2 Å². The summed E-state index contributed by atoms with van der Waals surface area (Å²) in [6.45, 7) is 9.05. The summed E-state index contributed by atoms with van der Waals surface area (Å²) in [5.41, 5.74) is 6.97. The molecular weight excluding hydrogens is 438 g/mol. The van der Waals surface area contributed by atoms with Crippen LogP contribution in [0.4, 0.5) is 5.82 Å². The Hall–Kier alpha value is -2.78. The van der Waals surface area contributed by atoms with Gasteiger partial charge < -0.3 is 15.5 Å². The third-order valence-electron chi connectivity index (χ3n) is 5.94. The molecule has 0 aliphatic rings. The van der Waals surface area contributed by atoms with Gasteiger partial charge in [0.05, 0.1) is 5.51 Å². The number of nitrogens with zero attached hydrogens (tertiary/aromatic N) is 4. The molecule has 1 atom stereocenters. The van der Waals surface area contributed by atoms with Crippen molar-refractivity contribution in [3.63, 3.8) is 0 Å². The van der Waals surface area contributed by atoms with E-state index in [1.165, 1.54) is 16.2 Å². The zero-order chi connectivity index (χ0) is 24.4. The third-order valence-corrected chi connectivity index (χ3v) is 6.51. The van der Waals surface area contributed by atoms with Gasteiger partial charge in [0.2, 0.25) is 17.7 Å². The summed E-state index contributed by atoms with van der Waals surface area (Å²) < 4.78 is 0. The standard InChI is InChI=1S/C24H35N5O3S/c1-5-28(6-2)15-14-27(4)21(30)12-13-22(31)29(20-17-33-18-26-20)24(3,23(25)32)16-19-10-8-7-9-11-19/h7-11,17-18H,5-6,12-16H2,1-4H3,(H2,25,32)/t24-/m1/s1. The lowest BCUT2D eigenvalue weighted by atomic mass is 9.89. The molecule has 3 amide bonds. The van der Waals surface area contributed by atoms with E-state index in [4.69, 9.17) is 5.73 Å². The quantitative estimate of drug-likeness (QED) is 0.482. The minimum absolute atomic E-state index is 0.0381. The summed E-state index contributed by atoms with van der Waals surface area (Å²) in [6, 6.07) is 9.41. The predicted octanol–water partition coefficient (Wildman–Crippen LogP) is 2.54. The molecule has 0 aliphatic carbocycles. The first kappa shape index (κ1) is 26.5. The van der Waals surface area contributed by atoms with E-state index in [0.717, 1.165) is 25.2 Å². The Morgan fingerprint density at radius 3 is 2.21 bits per heavy atom. The lowest BCUT2D eigenvalue weighted by Crippen LogP contribution is -2.59. The van der Waals surface area contributed by atoms with Crippen molar-refractivity contribution in [1.82, 2.24) is 14.8 Å². The first-order chi connectivity index (χ1) is 15.7. The highest BCUT2D eigenvalue weighted by Crippen LogP contribution is 2.29. The number of thiazole rings is 1. The van der Waals surface area contributed by atoms with Gasteiger partial charge in [-0.15, -0.1) is 11.3 Å². The van der Waals surface area contributed by atoms with Crippen molar-refractivity contribution in [2.75, 3.05) is 38.1 Å². The van der Waals surface area contributed by atoms with Crippen LogP contribution in [0.25, 0.3) is 0 Å². The van der Waals surface area contributed by atoms with Gasteiger partial charge in [-0.25, -0.2) is 4.98 Å². The van der Waals surface area contributed by atoms with Crippen molar-refractivity contribution >= 4 is 34.9 Å². The number of amides is 3. The minimum Gasteiger partial charge on any atom is -0.368 e. The van der Waals surface area contributed by atoms with Crippen molar-refractivity contribution in [1.29, 1.82) is 0 Å². The van der Waals surface area contributed by atoms with Gasteiger partial charge in [0, 0.05) is 44.8 Å². The monoisotopic (exact) mass is 473 g/mol. The first-order valence-electron chi connectivity index (χ1n) is 11.2. The van der Waals surface area contributed by atoms with Crippen molar-refractivity contribution in [2.24, 2.45) is 5.73 Å². The number of nitrogens with two attached hydrogens (primary N) is 1. The SMILES string of the molecule is CCN(CC)CCN(C)C(=O)CCC(=O)N(c1cscn1)[C@](C)(Cc1ccccc1)C(N)=O. The molecule has 0 saturated carbocycles. The second-order valence-corrected chi connectivity index (χ2v) is 8.94. The Kier molecular flexibility index (Phi) is 9.99. The smallest absolute Gasteiger partial charge is 0.243 e. The van der Waals surface area contributed by atoms with Gasteiger partial charge in [0.25, 0.3) is 0 Å². The Labute approximate surface area is 200 Å². The second-order valence-electron chi connectivity index (χ2n) is 8.22. The van der Waals surface area contributed by atoms with Crippen LogP contribution in [-0.4, -0.2) is 71.3 Å². The number of anilines is 1. The van der Waals surface area contributed by atoms with E-state index in [0.29, 0.717) is 12.4 Å². The van der Waals surface area contributed by atoms with Crippen LogP contribution in [-0.2, 0) is 20.8 Å². The second kappa shape index (κ2) is 12.5. The molecule has 1 aromatic heterocycles. The van der Waals surface area contributed by atoms with E-state index in [2.05, 4.69) is 23.7 Å². The lowest BCUT2D eigenvalue weighted by Gasteiger charge is -2.38. The molecule has 1 aromatic carbocycles. The molecule has 0 spiro atoms. The fourth-order valence-electron chi connectivity index (χ4n) is 3.71. The molecule has 180 valence electrons. The molecule has 0 unspecified atom stereocenters. The summed E-state index contributed by atoms with van der Waals surface area (Å²) in [6.07, 6.45) is 0.252. The average molecular weight is 474 g/mol. The van der Waals surface area contributed by atoms with Crippen LogP contribution in [0.2, 0.25) is 0 Å². The number of hydrogen-bond acceptors (Lipinski definition) is 6. The molecule has 0 fully saturated rings. The molecule has 0 radical (unpaired) electrons. The lowest BCUT2D eigenvalue weighted by molar-refractivity contribution is -0.133. The largest absolute Gasteiger partial charge is 0.368 e. The highest BCUT2D eigenvalue weighted by Gasteiger charge is 2.42. The van der Waals surface area contributed by atoms with Crippen LogP contribution in [0, 0.1) is 0 Å². The van der Waals surface area contributed by atoms with Gasteiger partial charge in [-0.3, -0.25) is 19.3 Å². The molecule has 2 N–H and O–H groups in total. The van der Waals surface area contributed by atoms with Crippen molar-refractivity contribution in [3.8, 4) is 0 Å². The molecule has 8 nitrogen and oxygen atoms in total. The minimum atomic E-state index is -1.33. The summed E-state index contributed by atoms with van der Waals surface area (Å²) in [7, 11) is 1.75. The fourth-order valence-corrected chi connectivity index (χ4v) is 4.23. The van der Waals surface area contributed by atoms with E-state index < -0.39 is 11.4 Å². The Bertz CT molecular complexity index is 902. The molecule has 1 heterocycles. The molecule has 9 heteroatoms. The summed E-state index contributed by atoms with van der Waals surface area (Å²) >= 11 is 1.33. The van der Waals surface area contributed by atoms with Gasteiger partial charge in [-0.1, -0.05) is 44.2 Å². The van der Waals surface area contributed by atoms with Gasteiger partial charge in [-0.05, 0) is 25.6 Å². The topological polar surface area (TPSA) is 99.8 Å². The van der Waals surface area contributed by atoms with Crippen molar-refractivity contribution < 1.29 is 14.4 Å². The zero-order valence-corrected chi connectivity index (χ0v) is 20.8. The van der Waals surface area contributed by atoms with Crippen LogP contribution < -0.4 is 10.6 Å². The number of rotatable bonds is 13. The van der Waals surface area contributed by atoms with E-state index in [1.54, 1.807) is 29.8 Å². The number of likely N-dealkylation sites (N-methyl/N-ethyl adjacent to an activating group) is 2.